The Morgan fingerprint density at radius 2 is 1.44 bits per heavy atom. The van der Waals surface area contributed by atoms with Crippen LogP contribution in [0.3, 0.4) is 0 Å². The van der Waals surface area contributed by atoms with Crippen LogP contribution in [0.15, 0.2) is 90.8 Å². The SMILES string of the molecule is CC(=O)NN/C(C)=C1\C(=O)N(c2ccccc2)c2cc(C(F)(F)F)cc(Cc3cc(C)cc(N4C(=O)/C(=C\NNC(N)=S)c5ccc(C(F)(F)F)cc54)c3)c21. The van der Waals surface area contributed by atoms with Crippen molar-refractivity contribution >= 4 is 68.9 Å². The highest BCUT2D eigenvalue weighted by molar-refractivity contribution is 7.80. The maximum Gasteiger partial charge on any atom is 0.416 e. The van der Waals surface area contributed by atoms with Gasteiger partial charge < -0.3 is 16.6 Å². The number of halogens is 6. The summed E-state index contributed by atoms with van der Waals surface area (Å²) < 4.78 is 85.3. The summed E-state index contributed by atoms with van der Waals surface area (Å²) in [5.74, 6) is -1.85. The zero-order valence-electron chi connectivity index (χ0n) is 29.2. The molecule has 0 saturated heterocycles. The van der Waals surface area contributed by atoms with Gasteiger partial charge in [0.15, 0.2) is 5.11 Å². The van der Waals surface area contributed by atoms with Crippen molar-refractivity contribution in [3.8, 4) is 0 Å². The number of hydrazine groups is 2. The summed E-state index contributed by atoms with van der Waals surface area (Å²) in [6, 6.07) is 17.4. The van der Waals surface area contributed by atoms with Crippen LogP contribution in [-0.4, -0.2) is 22.8 Å². The summed E-state index contributed by atoms with van der Waals surface area (Å²) in [5, 5.41) is -0.163. The van der Waals surface area contributed by atoms with Crippen LogP contribution in [-0.2, 0) is 33.2 Å². The van der Waals surface area contributed by atoms with Gasteiger partial charge >= 0.3 is 12.4 Å². The van der Waals surface area contributed by atoms with Crippen LogP contribution in [0.25, 0.3) is 11.1 Å². The number of amides is 3. The molecular formula is C38H31F6N7O3S. The van der Waals surface area contributed by atoms with E-state index < -0.39 is 41.2 Å². The Bertz CT molecular complexity index is 2320. The van der Waals surface area contributed by atoms with E-state index >= 15 is 0 Å². The van der Waals surface area contributed by atoms with Gasteiger partial charge in [0.1, 0.15) is 0 Å². The van der Waals surface area contributed by atoms with Crippen molar-refractivity contribution < 1.29 is 40.7 Å². The summed E-state index contributed by atoms with van der Waals surface area (Å²) in [7, 11) is 0. The topological polar surface area (TPSA) is 132 Å². The zero-order chi connectivity index (χ0) is 40.0. The predicted octanol–water partition coefficient (Wildman–Crippen LogP) is 7.03. The van der Waals surface area contributed by atoms with Gasteiger partial charge in [-0.05, 0) is 97.7 Å². The van der Waals surface area contributed by atoms with Gasteiger partial charge in [-0.15, -0.1) is 0 Å². The number of fused-ring (bicyclic) bond motifs is 2. The lowest BCUT2D eigenvalue weighted by molar-refractivity contribution is -0.138. The van der Waals surface area contributed by atoms with Gasteiger partial charge in [-0.1, -0.05) is 30.3 Å². The first kappa shape index (κ1) is 38.4. The molecule has 0 aromatic heterocycles. The van der Waals surface area contributed by atoms with Crippen molar-refractivity contribution in [2.45, 2.75) is 39.5 Å². The summed E-state index contributed by atoms with van der Waals surface area (Å²) in [6.07, 6.45) is -8.58. The summed E-state index contributed by atoms with van der Waals surface area (Å²) in [6.45, 7) is 4.39. The van der Waals surface area contributed by atoms with Crippen molar-refractivity contribution in [1.29, 1.82) is 0 Å². The van der Waals surface area contributed by atoms with Gasteiger partial charge in [0.2, 0.25) is 5.91 Å². The number of hydrogen-bond donors (Lipinski definition) is 5. The Morgan fingerprint density at radius 1 is 0.782 bits per heavy atom. The van der Waals surface area contributed by atoms with Crippen molar-refractivity contribution in [3.05, 3.63) is 130 Å². The van der Waals surface area contributed by atoms with E-state index in [-0.39, 0.29) is 62.1 Å². The Labute approximate surface area is 315 Å². The van der Waals surface area contributed by atoms with Crippen molar-refractivity contribution in [3.63, 3.8) is 0 Å². The molecule has 17 heteroatoms. The number of carbonyl (C=O) groups excluding carboxylic acids is 3. The molecular weight excluding hydrogens is 749 g/mol. The number of carbonyl (C=O) groups is 3. The standard InChI is InChI=1S/C38H31F6N7O3S/c1-19-11-22(14-27(12-19)51-30-16-24(37(39,40)41)9-10-28(30)29(34(51)53)18-46-49-36(45)55)13-23-15-25(38(42,43)44)17-31-33(23)32(20(2)47-48-21(3)52)35(54)50(31)26-7-5-4-6-8-26/h4-12,14-18,46-47H,13H2,1-3H3,(H,48,52)(H3,45,49,55)/b29-18-,32-20-. The first-order valence-electron chi connectivity index (χ1n) is 16.4. The van der Waals surface area contributed by atoms with Crippen LogP contribution >= 0.6 is 12.2 Å². The molecule has 55 heavy (non-hydrogen) atoms. The molecule has 284 valence electrons. The van der Waals surface area contributed by atoms with E-state index in [1.54, 1.807) is 49.4 Å². The molecule has 0 radical (unpaired) electrons. The van der Waals surface area contributed by atoms with Crippen molar-refractivity contribution in [2.75, 3.05) is 9.80 Å². The highest BCUT2D eigenvalue weighted by atomic mass is 32.1. The molecule has 10 nitrogen and oxygen atoms in total. The quantitative estimate of drug-likeness (QED) is 0.0558. The van der Waals surface area contributed by atoms with E-state index in [1.165, 1.54) is 26.1 Å². The molecule has 2 aliphatic rings. The first-order chi connectivity index (χ1) is 25.8. The maximum absolute atomic E-state index is 14.5. The molecule has 3 amide bonds. The third-order valence-corrected chi connectivity index (χ3v) is 8.83. The van der Waals surface area contributed by atoms with E-state index in [9.17, 15) is 40.7 Å². The van der Waals surface area contributed by atoms with Gasteiger partial charge in [0.05, 0.1) is 33.6 Å². The number of thiocarbonyl (C=S) groups is 1. The monoisotopic (exact) mass is 779 g/mol. The maximum atomic E-state index is 14.5. The molecule has 0 atom stereocenters. The summed E-state index contributed by atoms with van der Waals surface area (Å²) in [4.78, 5) is 42.1. The van der Waals surface area contributed by atoms with Gasteiger partial charge in [-0.25, -0.2) is 0 Å². The zero-order valence-corrected chi connectivity index (χ0v) is 30.0. The lowest BCUT2D eigenvalue weighted by Gasteiger charge is -2.21. The second-order valence-corrected chi connectivity index (χ2v) is 13.2. The minimum atomic E-state index is -4.83. The molecule has 0 aliphatic carbocycles. The van der Waals surface area contributed by atoms with E-state index in [2.05, 4.69) is 21.7 Å². The van der Waals surface area contributed by atoms with Gasteiger partial charge in [0.25, 0.3) is 11.8 Å². The van der Waals surface area contributed by atoms with Crippen molar-refractivity contribution in [2.24, 2.45) is 5.73 Å². The van der Waals surface area contributed by atoms with E-state index in [0.29, 0.717) is 16.8 Å². The minimum Gasteiger partial charge on any atom is -0.375 e. The number of allylic oxidation sites excluding steroid dienone is 1. The average Bonchev–Trinajstić information content (AvgIpc) is 3.55. The number of nitrogens with two attached hydrogens (primary N) is 1. The van der Waals surface area contributed by atoms with Crippen molar-refractivity contribution in [1.82, 2.24) is 21.7 Å². The number of alkyl halides is 6. The Kier molecular flexibility index (Phi) is 10.1. The third kappa shape index (κ3) is 7.68. The second kappa shape index (κ2) is 14.5. The van der Waals surface area contributed by atoms with Gasteiger partial charge in [-0.2, -0.15) is 26.3 Å². The molecule has 0 fully saturated rings. The largest absolute Gasteiger partial charge is 0.416 e. The lowest BCUT2D eigenvalue weighted by atomic mass is 9.91. The Morgan fingerprint density at radius 3 is 2.07 bits per heavy atom. The third-order valence-electron chi connectivity index (χ3n) is 8.73. The van der Waals surface area contributed by atoms with E-state index in [1.807, 2.05) is 0 Å². The number of anilines is 4. The molecule has 0 saturated carbocycles. The molecule has 0 bridgehead atoms. The predicted molar refractivity (Wildman–Crippen MR) is 198 cm³/mol. The molecule has 2 aliphatic heterocycles. The van der Waals surface area contributed by atoms with Crippen LogP contribution in [0.5, 0.6) is 0 Å². The summed E-state index contributed by atoms with van der Waals surface area (Å²) in [5.41, 5.74) is 15.2. The van der Waals surface area contributed by atoms with Crippen LogP contribution in [0, 0.1) is 6.92 Å². The van der Waals surface area contributed by atoms with Crippen LogP contribution in [0.4, 0.5) is 49.1 Å². The molecule has 0 spiro atoms. The number of benzene rings is 4. The fraction of sp³-hybridized carbons (Fsp3) is 0.158. The first-order valence-corrected chi connectivity index (χ1v) is 16.8. The lowest BCUT2D eigenvalue weighted by Crippen LogP contribution is -2.38. The number of aryl methyl sites for hydroxylation is 1. The Hall–Kier alpha value is -6.36. The molecule has 6 N–H and O–H groups in total. The molecule has 4 aromatic carbocycles. The summed E-state index contributed by atoms with van der Waals surface area (Å²) >= 11 is 4.77. The van der Waals surface area contributed by atoms with Crippen LogP contribution in [0.1, 0.15) is 52.8 Å². The highest BCUT2D eigenvalue weighted by Gasteiger charge is 2.42. The molecule has 4 aromatic rings. The van der Waals surface area contributed by atoms with Crippen LogP contribution < -0.4 is 37.2 Å². The molecule has 0 unspecified atom stereocenters. The number of rotatable bonds is 8. The fourth-order valence-electron chi connectivity index (χ4n) is 6.54. The molecule has 6 rings (SSSR count). The molecule has 2 heterocycles. The van der Waals surface area contributed by atoms with Gasteiger partial charge in [0, 0.05) is 41.3 Å². The number of nitrogens with one attached hydrogen (secondary N) is 4. The number of para-hydroxylation sites is 1. The average molecular weight is 780 g/mol. The number of nitrogens with zero attached hydrogens (tertiary/aromatic N) is 2. The Balaban J connectivity index is 1.52. The van der Waals surface area contributed by atoms with E-state index in [0.717, 1.165) is 40.1 Å². The number of hydrogen-bond acceptors (Lipinski definition) is 6. The van der Waals surface area contributed by atoms with E-state index in [4.69, 9.17) is 18.0 Å². The second-order valence-electron chi connectivity index (χ2n) is 12.7. The van der Waals surface area contributed by atoms with Gasteiger partial charge in [-0.3, -0.25) is 35.0 Å². The normalized spacial score (nSPS) is 15.5. The minimum absolute atomic E-state index is 0.000353. The smallest absolute Gasteiger partial charge is 0.375 e. The highest BCUT2D eigenvalue weighted by Crippen LogP contribution is 2.49. The van der Waals surface area contributed by atoms with Crippen LogP contribution in [0.2, 0.25) is 0 Å². The fourth-order valence-corrected chi connectivity index (χ4v) is 6.60.